The fourth-order valence-electron chi connectivity index (χ4n) is 3.42. The van der Waals surface area contributed by atoms with E-state index in [1.165, 1.54) is 0 Å². The van der Waals surface area contributed by atoms with E-state index in [0.717, 1.165) is 56.0 Å². The summed E-state index contributed by atoms with van der Waals surface area (Å²) in [6.45, 7) is 2.74. The molecule has 6 heteroatoms. The molecule has 0 atom stereocenters. The number of ether oxygens (including phenoxy) is 1. The van der Waals surface area contributed by atoms with E-state index in [9.17, 15) is 4.79 Å². The maximum atomic E-state index is 12.3. The van der Waals surface area contributed by atoms with E-state index < -0.39 is 0 Å². The Morgan fingerprint density at radius 1 is 1.12 bits per heavy atom. The van der Waals surface area contributed by atoms with Gasteiger partial charge in [0.05, 0.1) is 18.8 Å². The first kappa shape index (κ1) is 16.5. The number of benzene rings is 1. The molecule has 3 heterocycles. The molecule has 2 saturated heterocycles. The van der Waals surface area contributed by atoms with Crippen LogP contribution in [-0.4, -0.2) is 36.2 Å². The van der Waals surface area contributed by atoms with E-state index in [1.54, 1.807) is 0 Å². The van der Waals surface area contributed by atoms with Gasteiger partial charge in [-0.1, -0.05) is 11.6 Å². The molecule has 0 bridgehead atoms. The summed E-state index contributed by atoms with van der Waals surface area (Å²) in [7, 11) is 0. The number of piperidine rings is 1. The number of nitrogens with zero attached hydrogens (tertiary/aromatic N) is 1. The smallest absolute Gasteiger partial charge is 0.317 e. The highest BCUT2D eigenvalue weighted by Gasteiger charge is 2.41. The SMILES string of the molecule is O=C(NCc1ccc(-c2ccc(Cl)cc2)o1)N1CCC2(CCO2)CC1. The number of nitrogens with one attached hydrogen (secondary N) is 1. The lowest BCUT2D eigenvalue weighted by atomic mass is 9.84. The zero-order valence-electron chi connectivity index (χ0n) is 14.0. The Balaban J connectivity index is 1.29. The van der Waals surface area contributed by atoms with Crippen molar-refractivity contribution in [2.75, 3.05) is 19.7 Å². The molecule has 1 spiro atoms. The van der Waals surface area contributed by atoms with Crippen molar-refractivity contribution in [2.24, 2.45) is 0 Å². The van der Waals surface area contributed by atoms with E-state index in [4.69, 9.17) is 20.8 Å². The molecule has 2 aliphatic heterocycles. The van der Waals surface area contributed by atoms with E-state index >= 15 is 0 Å². The number of halogens is 1. The van der Waals surface area contributed by atoms with Gasteiger partial charge in [-0.3, -0.25) is 0 Å². The fraction of sp³-hybridized carbons (Fsp3) is 0.421. The normalized spacial score (nSPS) is 18.8. The van der Waals surface area contributed by atoms with Gasteiger partial charge in [-0.2, -0.15) is 0 Å². The molecule has 0 saturated carbocycles. The number of hydrogen-bond donors (Lipinski definition) is 1. The summed E-state index contributed by atoms with van der Waals surface area (Å²) < 4.78 is 11.5. The Kier molecular flexibility index (Phi) is 4.44. The summed E-state index contributed by atoms with van der Waals surface area (Å²) >= 11 is 5.90. The molecule has 5 nitrogen and oxygen atoms in total. The number of rotatable bonds is 3. The molecule has 2 amide bonds. The Labute approximate surface area is 151 Å². The highest BCUT2D eigenvalue weighted by atomic mass is 35.5. The first-order valence-electron chi connectivity index (χ1n) is 8.65. The van der Waals surface area contributed by atoms with Gasteiger partial charge in [0.15, 0.2) is 0 Å². The van der Waals surface area contributed by atoms with Crippen LogP contribution in [0.3, 0.4) is 0 Å². The lowest BCUT2D eigenvalue weighted by Gasteiger charge is -2.47. The molecule has 132 valence electrons. The van der Waals surface area contributed by atoms with Gasteiger partial charge in [-0.15, -0.1) is 0 Å². The molecule has 0 radical (unpaired) electrons. The molecule has 2 aliphatic rings. The summed E-state index contributed by atoms with van der Waals surface area (Å²) in [6.07, 6.45) is 2.99. The van der Waals surface area contributed by atoms with Crippen molar-refractivity contribution in [1.82, 2.24) is 10.2 Å². The summed E-state index contributed by atoms with van der Waals surface area (Å²) in [4.78, 5) is 14.2. The van der Waals surface area contributed by atoms with Crippen molar-refractivity contribution in [3.63, 3.8) is 0 Å². The lowest BCUT2D eigenvalue weighted by Crippen LogP contribution is -2.54. The number of carbonyl (C=O) groups excluding carboxylic acids is 1. The molecule has 0 unspecified atom stereocenters. The van der Waals surface area contributed by atoms with Crippen molar-refractivity contribution in [3.05, 3.63) is 47.2 Å². The van der Waals surface area contributed by atoms with Gasteiger partial charge in [0, 0.05) is 23.7 Å². The number of furan rings is 1. The summed E-state index contributed by atoms with van der Waals surface area (Å²) in [5.74, 6) is 1.50. The Morgan fingerprint density at radius 3 is 2.48 bits per heavy atom. The average Bonchev–Trinajstić information content (AvgIpc) is 3.08. The third kappa shape index (κ3) is 3.53. The van der Waals surface area contributed by atoms with Crippen molar-refractivity contribution < 1.29 is 13.9 Å². The van der Waals surface area contributed by atoms with E-state index in [0.29, 0.717) is 11.6 Å². The second-order valence-corrected chi connectivity index (χ2v) is 7.14. The van der Waals surface area contributed by atoms with E-state index in [-0.39, 0.29) is 11.6 Å². The zero-order valence-corrected chi connectivity index (χ0v) is 14.7. The maximum absolute atomic E-state index is 12.3. The maximum Gasteiger partial charge on any atom is 0.317 e. The summed E-state index contributed by atoms with van der Waals surface area (Å²) in [5.41, 5.74) is 1.02. The van der Waals surface area contributed by atoms with Crippen molar-refractivity contribution >= 4 is 17.6 Å². The quantitative estimate of drug-likeness (QED) is 0.897. The molecule has 1 N–H and O–H groups in total. The highest BCUT2D eigenvalue weighted by molar-refractivity contribution is 6.30. The van der Waals surface area contributed by atoms with Crippen LogP contribution in [0, 0.1) is 0 Å². The van der Waals surface area contributed by atoms with Gasteiger partial charge in [-0.25, -0.2) is 4.79 Å². The average molecular weight is 361 g/mol. The molecule has 1 aromatic carbocycles. The highest BCUT2D eigenvalue weighted by Crippen LogP contribution is 2.36. The predicted molar refractivity (Wildman–Crippen MR) is 95.5 cm³/mol. The van der Waals surface area contributed by atoms with Crippen molar-refractivity contribution in [3.8, 4) is 11.3 Å². The minimum absolute atomic E-state index is 0.0429. The molecule has 1 aromatic heterocycles. The van der Waals surface area contributed by atoms with Crippen molar-refractivity contribution in [2.45, 2.75) is 31.4 Å². The molecular formula is C19H21ClN2O3. The Hall–Kier alpha value is -1.98. The molecule has 2 fully saturated rings. The minimum atomic E-state index is -0.0429. The number of carbonyl (C=O) groups is 1. The number of urea groups is 1. The van der Waals surface area contributed by atoms with Crippen LogP contribution in [0.1, 0.15) is 25.0 Å². The third-order valence-corrected chi connectivity index (χ3v) is 5.38. The van der Waals surface area contributed by atoms with Crippen LogP contribution in [0.4, 0.5) is 4.79 Å². The van der Waals surface area contributed by atoms with Crippen LogP contribution in [0.15, 0.2) is 40.8 Å². The van der Waals surface area contributed by atoms with Gasteiger partial charge in [0.25, 0.3) is 0 Å². The first-order chi connectivity index (χ1) is 12.1. The van der Waals surface area contributed by atoms with Crippen LogP contribution in [0.25, 0.3) is 11.3 Å². The molecule has 4 rings (SSSR count). The first-order valence-corrected chi connectivity index (χ1v) is 9.03. The topological polar surface area (TPSA) is 54.7 Å². The molecular weight excluding hydrogens is 340 g/mol. The summed E-state index contributed by atoms with van der Waals surface area (Å²) in [6, 6.07) is 11.2. The minimum Gasteiger partial charge on any atom is -0.459 e. The van der Waals surface area contributed by atoms with Gasteiger partial charge in [0.2, 0.25) is 0 Å². The van der Waals surface area contributed by atoms with Gasteiger partial charge in [0.1, 0.15) is 11.5 Å². The van der Waals surface area contributed by atoms with Crippen LogP contribution in [0.2, 0.25) is 5.02 Å². The monoisotopic (exact) mass is 360 g/mol. The van der Waals surface area contributed by atoms with Gasteiger partial charge in [-0.05, 0) is 55.7 Å². The number of amides is 2. The molecule has 2 aromatic rings. The predicted octanol–water partition coefficient (Wildman–Crippen LogP) is 4.06. The summed E-state index contributed by atoms with van der Waals surface area (Å²) in [5, 5.41) is 3.63. The zero-order chi connectivity index (χ0) is 17.3. The van der Waals surface area contributed by atoms with E-state index in [1.807, 2.05) is 41.3 Å². The standard InChI is InChI=1S/C19H21ClN2O3/c20-15-3-1-14(2-4-15)17-6-5-16(25-17)13-21-18(23)22-10-7-19(8-11-22)9-12-24-19/h1-6H,7-13H2,(H,21,23). The largest absolute Gasteiger partial charge is 0.459 e. The second-order valence-electron chi connectivity index (χ2n) is 6.70. The van der Waals surface area contributed by atoms with Crippen LogP contribution < -0.4 is 5.32 Å². The Morgan fingerprint density at radius 2 is 1.84 bits per heavy atom. The third-order valence-electron chi connectivity index (χ3n) is 5.13. The fourth-order valence-corrected chi connectivity index (χ4v) is 3.55. The van der Waals surface area contributed by atoms with Crippen LogP contribution in [-0.2, 0) is 11.3 Å². The van der Waals surface area contributed by atoms with E-state index in [2.05, 4.69) is 5.32 Å². The van der Waals surface area contributed by atoms with Crippen molar-refractivity contribution in [1.29, 1.82) is 0 Å². The number of hydrogen-bond acceptors (Lipinski definition) is 3. The Bertz CT molecular complexity index is 742. The molecule has 25 heavy (non-hydrogen) atoms. The second kappa shape index (κ2) is 6.73. The van der Waals surface area contributed by atoms with Gasteiger partial charge < -0.3 is 19.4 Å². The number of likely N-dealkylation sites (tertiary alicyclic amines) is 1. The van der Waals surface area contributed by atoms with Crippen LogP contribution in [0.5, 0.6) is 0 Å². The van der Waals surface area contributed by atoms with Gasteiger partial charge >= 0.3 is 6.03 Å². The van der Waals surface area contributed by atoms with Crippen LogP contribution >= 0.6 is 11.6 Å². The molecule has 0 aliphatic carbocycles. The lowest BCUT2D eigenvalue weighted by molar-refractivity contribution is -0.169.